The first-order chi connectivity index (χ1) is 15.1. The highest BCUT2D eigenvalue weighted by atomic mass is 35.5. The predicted octanol–water partition coefficient (Wildman–Crippen LogP) is 4.14. The summed E-state index contributed by atoms with van der Waals surface area (Å²) in [6, 6.07) is 15.0. The van der Waals surface area contributed by atoms with Gasteiger partial charge in [0.2, 0.25) is 5.91 Å². The van der Waals surface area contributed by atoms with Gasteiger partial charge in [0.1, 0.15) is 0 Å². The van der Waals surface area contributed by atoms with Crippen molar-refractivity contribution in [2.75, 3.05) is 37.4 Å². The molecule has 7 nitrogen and oxygen atoms in total. The smallest absolute Gasteiger partial charge is 0.234 e. The van der Waals surface area contributed by atoms with E-state index in [4.69, 9.17) is 27.9 Å². The fourth-order valence-electron chi connectivity index (χ4n) is 3.21. The number of anilines is 1. The van der Waals surface area contributed by atoms with E-state index < -0.39 is 0 Å². The van der Waals surface area contributed by atoms with Gasteiger partial charge < -0.3 is 10.1 Å². The number of morpholine rings is 1. The maximum absolute atomic E-state index is 12.5. The van der Waals surface area contributed by atoms with Crippen molar-refractivity contribution in [3.8, 4) is 5.69 Å². The van der Waals surface area contributed by atoms with Crippen LogP contribution >= 0.6 is 35.0 Å². The summed E-state index contributed by atoms with van der Waals surface area (Å²) in [5.41, 5.74) is 1.36. The minimum atomic E-state index is -0.225. The van der Waals surface area contributed by atoms with Gasteiger partial charge in [0.05, 0.1) is 41.2 Å². The third kappa shape index (κ3) is 5.58. The number of carbonyl (C=O) groups is 1. The van der Waals surface area contributed by atoms with E-state index in [1.165, 1.54) is 11.8 Å². The SMILES string of the molecule is O=C(CSc1nnc(CN2CCOCC2)n1-c1ccccc1)Nc1c(Cl)cccc1Cl. The number of hydrogen-bond donors (Lipinski definition) is 1. The second-order valence-electron chi connectivity index (χ2n) is 6.89. The standard InChI is InChI=1S/C21H21Cl2N5O2S/c22-16-7-4-8-17(23)20(16)24-19(29)14-31-21-26-25-18(13-27-9-11-30-12-10-27)28(21)15-5-2-1-3-6-15/h1-8H,9-14H2,(H,24,29). The maximum Gasteiger partial charge on any atom is 0.234 e. The number of benzene rings is 2. The van der Waals surface area contributed by atoms with Gasteiger partial charge in [-0.1, -0.05) is 59.2 Å². The topological polar surface area (TPSA) is 72.3 Å². The number of rotatable bonds is 7. The zero-order valence-corrected chi connectivity index (χ0v) is 19.0. The fourth-order valence-corrected chi connectivity index (χ4v) is 4.48. The Hall–Kier alpha value is -2.10. The lowest BCUT2D eigenvalue weighted by molar-refractivity contribution is -0.113. The average molecular weight is 478 g/mol. The molecule has 1 aliphatic rings. The van der Waals surface area contributed by atoms with E-state index in [-0.39, 0.29) is 11.7 Å². The van der Waals surface area contributed by atoms with Crippen molar-refractivity contribution in [3.63, 3.8) is 0 Å². The Bertz CT molecular complexity index is 1020. The third-order valence-electron chi connectivity index (χ3n) is 4.74. The van der Waals surface area contributed by atoms with Gasteiger partial charge >= 0.3 is 0 Å². The zero-order chi connectivity index (χ0) is 21.6. The van der Waals surface area contributed by atoms with Crippen LogP contribution < -0.4 is 5.32 Å². The number of carbonyl (C=O) groups excluding carboxylic acids is 1. The highest BCUT2D eigenvalue weighted by molar-refractivity contribution is 7.99. The zero-order valence-electron chi connectivity index (χ0n) is 16.6. The van der Waals surface area contributed by atoms with Crippen molar-refractivity contribution in [3.05, 3.63) is 64.4 Å². The summed E-state index contributed by atoms with van der Waals surface area (Å²) in [5.74, 6) is 0.742. The van der Waals surface area contributed by atoms with Gasteiger partial charge in [-0.25, -0.2) is 0 Å². The van der Waals surface area contributed by atoms with Crippen LogP contribution in [0.15, 0.2) is 53.7 Å². The maximum atomic E-state index is 12.5. The van der Waals surface area contributed by atoms with Crippen molar-refractivity contribution < 1.29 is 9.53 Å². The van der Waals surface area contributed by atoms with Crippen molar-refractivity contribution in [2.24, 2.45) is 0 Å². The van der Waals surface area contributed by atoms with E-state index in [0.29, 0.717) is 40.6 Å². The summed E-state index contributed by atoms with van der Waals surface area (Å²) < 4.78 is 7.43. The molecule has 31 heavy (non-hydrogen) atoms. The van der Waals surface area contributed by atoms with Crippen LogP contribution in [0.25, 0.3) is 5.69 Å². The molecular formula is C21H21Cl2N5O2S. The number of amides is 1. The molecule has 0 spiro atoms. The summed E-state index contributed by atoms with van der Waals surface area (Å²) in [6.45, 7) is 3.79. The first-order valence-corrected chi connectivity index (χ1v) is 11.5. The second-order valence-corrected chi connectivity index (χ2v) is 8.65. The third-order valence-corrected chi connectivity index (χ3v) is 6.30. The van der Waals surface area contributed by atoms with Crippen molar-refractivity contribution in [1.29, 1.82) is 0 Å². The Kier molecular flexibility index (Phi) is 7.47. The van der Waals surface area contributed by atoms with Gasteiger partial charge in [0, 0.05) is 18.8 Å². The van der Waals surface area contributed by atoms with E-state index >= 15 is 0 Å². The first-order valence-electron chi connectivity index (χ1n) is 9.78. The Labute approximate surface area is 194 Å². The fraction of sp³-hybridized carbons (Fsp3) is 0.286. The van der Waals surface area contributed by atoms with E-state index in [1.54, 1.807) is 18.2 Å². The van der Waals surface area contributed by atoms with E-state index in [0.717, 1.165) is 24.6 Å². The number of ether oxygens (including phenoxy) is 1. The van der Waals surface area contributed by atoms with Crippen LogP contribution in [0.3, 0.4) is 0 Å². The first kappa shape index (κ1) is 22.1. The molecular weight excluding hydrogens is 457 g/mol. The van der Waals surface area contributed by atoms with Crippen molar-refractivity contribution in [1.82, 2.24) is 19.7 Å². The Morgan fingerprint density at radius 1 is 1.03 bits per heavy atom. The van der Waals surface area contributed by atoms with Crippen LogP contribution in [0.1, 0.15) is 5.82 Å². The Morgan fingerprint density at radius 3 is 2.45 bits per heavy atom. The number of thioether (sulfide) groups is 1. The summed E-state index contributed by atoms with van der Waals surface area (Å²) in [6.07, 6.45) is 0. The lowest BCUT2D eigenvalue weighted by atomic mass is 10.3. The summed E-state index contributed by atoms with van der Waals surface area (Å²) in [4.78, 5) is 14.8. The molecule has 1 amide bonds. The highest BCUT2D eigenvalue weighted by Crippen LogP contribution is 2.30. The molecule has 0 atom stereocenters. The monoisotopic (exact) mass is 477 g/mol. The van der Waals surface area contributed by atoms with Crippen LogP contribution in [-0.4, -0.2) is 57.6 Å². The quantitative estimate of drug-likeness (QED) is 0.515. The molecule has 0 saturated carbocycles. The number of hydrogen-bond acceptors (Lipinski definition) is 6. The van der Waals surface area contributed by atoms with Gasteiger partial charge in [-0.05, 0) is 24.3 Å². The van der Waals surface area contributed by atoms with Crippen LogP contribution in [0.2, 0.25) is 10.0 Å². The number of nitrogens with one attached hydrogen (secondary N) is 1. The molecule has 0 aliphatic carbocycles. The van der Waals surface area contributed by atoms with Gasteiger partial charge in [-0.15, -0.1) is 10.2 Å². The molecule has 4 rings (SSSR count). The predicted molar refractivity (Wildman–Crippen MR) is 123 cm³/mol. The molecule has 0 radical (unpaired) electrons. The molecule has 1 fully saturated rings. The number of aromatic nitrogens is 3. The van der Waals surface area contributed by atoms with Gasteiger partial charge in [-0.2, -0.15) is 0 Å². The van der Waals surface area contributed by atoms with E-state index in [1.807, 2.05) is 34.9 Å². The van der Waals surface area contributed by atoms with Gasteiger partial charge in [0.25, 0.3) is 0 Å². The second kappa shape index (κ2) is 10.5. The number of nitrogens with zero attached hydrogens (tertiary/aromatic N) is 4. The molecule has 3 aromatic rings. The molecule has 0 bridgehead atoms. The van der Waals surface area contributed by atoms with Crippen molar-refractivity contribution >= 4 is 46.6 Å². The minimum absolute atomic E-state index is 0.143. The van der Waals surface area contributed by atoms with E-state index in [2.05, 4.69) is 20.4 Å². The molecule has 1 N–H and O–H groups in total. The molecule has 2 aromatic carbocycles. The minimum Gasteiger partial charge on any atom is -0.379 e. The van der Waals surface area contributed by atoms with Crippen molar-refractivity contribution in [2.45, 2.75) is 11.7 Å². The highest BCUT2D eigenvalue weighted by Gasteiger charge is 2.20. The molecule has 2 heterocycles. The average Bonchev–Trinajstić information content (AvgIpc) is 3.18. The summed E-state index contributed by atoms with van der Waals surface area (Å²) in [5, 5.41) is 13.0. The summed E-state index contributed by atoms with van der Waals surface area (Å²) in [7, 11) is 0. The summed E-state index contributed by atoms with van der Waals surface area (Å²) >= 11 is 13.6. The molecule has 1 saturated heterocycles. The largest absolute Gasteiger partial charge is 0.379 e. The van der Waals surface area contributed by atoms with Crippen LogP contribution in [0.4, 0.5) is 5.69 Å². The normalized spacial score (nSPS) is 14.5. The molecule has 1 aromatic heterocycles. The van der Waals surface area contributed by atoms with Gasteiger partial charge in [-0.3, -0.25) is 14.3 Å². The van der Waals surface area contributed by atoms with Crippen LogP contribution in [0, 0.1) is 0 Å². The van der Waals surface area contributed by atoms with Gasteiger partial charge in [0.15, 0.2) is 11.0 Å². The molecule has 1 aliphatic heterocycles. The Balaban J connectivity index is 1.50. The molecule has 10 heteroatoms. The van der Waals surface area contributed by atoms with Crippen LogP contribution in [-0.2, 0) is 16.1 Å². The van der Waals surface area contributed by atoms with Crippen LogP contribution in [0.5, 0.6) is 0 Å². The number of para-hydroxylation sites is 2. The number of halogens is 2. The molecule has 0 unspecified atom stereocenters. The van der Waals surface area contributed by atoms with E-state index in [9.17, 15) is 4.79 Å². The molecule has 162 valence electrons. The Morgan fingerprint density at radius 2 is 1.74 bits per heavy atom. The lowest BCUT2D eigenvalue weighted by Crippen LogP contribution is -2.36. The lowest BCUT2D eigenvalue weighted by Gasteiger charge is -2.26.